The van der Waals surface area contributed by atoms with E-state index in [-0.39, 0.29) is 17.3 Å². The third-order valence-corrected chi connectivity index (χ3v) is 6.81. The van der Waals surface area contributed by atoms with Gasteiger partial charge in [-0.1, -0.05) is 12.5 Å². The number of aryl methyl sites for hydroxylation is 1. The number of fused-ring (bicyclic) bond motifs is 1. The summed E-state index contributed by atoms with van der Waals surface area (Å²) in [6.45, 7) is 9.19. The number of aromatic nitrogens is 3. The largest absolute Gasteiger partial charge is 0.371 e. The summed E-state index contributed by atoms with van der Waals surface area (Å²) in [5, 5.41) is 7.71. The second-order valence-electron chi connectivity index (χ2n) is 7.98. The Bertz CT molecular complexity index is 1040. The summed E-state index contributed by atoms with van der Waals surface area (Å²) in [6.07, 6.45) is 5.90. The number of hydrogen-bond donors (Lipinski definition) is 0. The number of halogens is 1. The highest BCUT2D eigenvalue weighted by molar-refractivity contribution is 7.09. The molecule has 0 saturated heterocycles. The van der Waals surface area contributed by atoms with Crippen LogP contribution < -0.4 is 0 Å². The standard InChI is InChI=1S/C23H26FN3OS/c1-5-28-21(22-26-16(3)14-29-22)12-23(4)11-17-13-25-27(20(17)10-15(23)2)19-8-6-18(24)7-9-19/h6-10,13-14,21H,5,11-12H2,1-4H3. The average molecular weight is 412 g/mol. The Morgan fingerprint density at radius 2 is 2.03 bits per heavy atom. The maximum atomic E-state index is 13.3. The number of nitrogens with zero attached hydrogens (tertiary/aromatic N) is 3. The third-order valence-electron chi connectivity index (χ3n) is 5.76. The van der Waals surface area contributed by atoms with E-state index in [4.69, 9.17) is 4.74 Å². The van der Waals surface area contributed by atoms with Gasteiger partial charge in [-0.3, -0.25) is 0 Å². The summed E-state index contributed by atoms with van der Waals surface area (Å²) in [5.74, 6) is -0.242. The van der Waals surface area contributed by atoms with Crippen LogP contribution in [0.1, 0.15) is 55.3 Å². The minimum atomic E-state index is -0.242. The van der Waals surface area contributed by atoms with Gasteiger partial charge in [0.1, 0.15) is 16.9 Å². The van der Waals surface area contributed by atoms with Crippen molar-refractivity contribution >= 4 is 17.4 Å². The van der Waals surface area contributed by atoms with Gasteiger partial charge in [-0.05, 0) is 74.9 Å². The van der Waals surface area contributed by atoms with Crippen molar-refractivity contribution in [1.82, 2.24) is 14.8 Å². The van der Waals surface area contributed by atoms with E-state index in [1.165, 1.54) is 23.3 Å². The molecule has 2 heterocycles. The molecule has 152 valence electrons. The fourth-order valence-corrected chi connectivity index (χ4v) is 4.83. The van der Waals surface area contributed by atoms with Crippen LogP contribution >= 0.6 is 11.3 Å². The molecule has 2 unspecified atom stereocenters. The average Bonchev–Trinajstić information content (AvgIpc) is 3.29. The molecule has 1 aliphatic carbocycles. The Labute approximate surface area is 175 Å². The number of allylic oxidation sites excluding steroid dienone is 1. The van der Waals surface area contributed by atoms with Crippen molar-refractivity contribution in [2.24, 2.45) is 5.41 Å². The van der Waals surface area contributed by atoms with Crippen LogP contribution in [0.5, 0.6) is 0 Å². The Morgan fingerprint density at radius 3 is 2.69 bits per heavy atom. The Kier molecular flexibility index (Phi) is 5.40. The highest BCUT2D eigenvalue weighted by atomic mass is 32.1. The molecule has 1 aromatic carbocycles. The first-order chi connectivity index (χ1) is 13.9. The highest BCUT2D eigenvalue weighted by Gasteiger charge is 2.36. The second-order valence-corrected chi connectivity index (χ2v) is 8.87. The van der Waals surface area contributed by atoms with Crippen molar-refractivity contribution in [2.75, 3.05) is 6.61 Å². The molecule has 4 rings (SSSR count). The van der Waals surface area contributed by atoms with Crippen molar-refractivity contribution in [3.8, 4) is 5.69 Å². The van der Waals surface area contributed by atoms with E-state index in [2.05, 4.69) is 35.4 Å². The lowest BCUT2D eigenvalue weighted by Gasteiger charge is -2.36. The van der Waals surface area contributed by atoms with Gasteiger partial charge in [-0.2, -0.15) is 5.10 Å². The van der Waals surface area contributed by atoms with Crippen molar-refractivity contribution in [3.63, 3.8) is 0 Å². The second kappa shape index (κ2) is 7.84. The van der Waals surface area contributed by atoms with Crippen LogP contribution in [0.25, 0.3) is 11.8 Å². The van der Waals surface area contributed by atoms with Crippen molar-refractivity contribution in [2.45, 2.75) is 46.6 Å². The SMILES string of the molecule is CCOC(CC1(C)Cc2cnn(-c3ccc(F)cc3)c2C=C1C)c1nc(C)cs1. The number of hydrogen-bond acceptors (Lipinski definition) is 4. The molecule has 1 aliphatic rings. The van der Waals surface area contributed by atoms with Crippen molar-refractivity contribution < 1.29 is 9.13 Å². The smallest absolute Gasteiger partial charge is 0.123 e. The summed E-state index contributed by atoms with van der Waals surface area (Å²) in [6, 6.07) is 6.45. The van der Waals surface area contributed by atoms with E-state index >= 15 is 0 Å². The molecule has 3 aromatic rings. The zero-order chi connectivity index (χ0) is 20.6. The predicted molar refractivity (Wildman–Crippen MR) is 115 cm³/mol. The fourth-order valence-electron chi connectivity index (χ4n) is 3.99. The molecule has 0 fully saturated rings. The van der Waals surface area contributed by atoms with Gasteiger partial charge < -0.3 is 4.74 Å². The molecular formula is C23H26FN3OS. The molecule has 0 radical (unpaired) electrons. The lowest BCUT2D eigenvalue weighted by Crippen LogP contribution is -2.28. The van der Waals surface area contributed by atoms with Gasteiger partial charge in [0.25, 0.3) is 0 Å². The zero-order valence-electron chi connectivity index (χ0n) is 17.3. The molecule has 0 aliphatic heterocycles. The van der Waals surface area contributed by atoms with Crippen LogP contribution in [-0.4, -0.2) is 21.4 Å². The quantitative estimate of drug-likeness (QED) is 0.506. The number of thiazole rings is 1. The van der Waals surface area contributed by atoms with Crippen LogP contribution in [0, 0.1) is 18.2 Å². The van der Waals surface area contributed by atoms with E-state index in [1.54, 1.807) is 23.5 Å². The maximum Gasteiger partial charge on any atom is 0.123 e. The third kappa shape index (κ3) is 3.91. The first kappa shape index (κ1) is 20.0. The zero-order valence-corrected chi connectivity index (χ0v) is 18.1. The van der Waals surface area contributed by atoms with E-state index < -0.39 is 0 Å². The lowest BCUT2D eigenvalue weighted by molar-refractivity contribution is 0.0321. The summed E-state index contributed by atoms with van der Waals surface area (Å²) in [7, 11) is 0. The number of ether oxygens (including phenoxy) is 1. The van der Waals surface area contributed by atoms with Gasteiger partial charge in [-0.15, -0.1) is 11.3 Å². The number of rotatable bonds is 6. The maximum absolute atomic E-state index is 13.3. The fraction of sp³-hybridized carbons (Fsp3) is 0.391. The van der Waals surface area contributed by atoms with E-state index in [0.29, 0.717) is 6.61 Å². The lowest BCUT2D eigenvalue weighted by atomic mass is 9.70. The summed E-state index contributed by atoms with van der Waals surface area (Å²) in [4.78, 5) is 4.67. The normalized spacial score (nSPS) is 19.7. The van der Waals surface area contributed by atoms with Crippen molar-refractivity contribution in [1.29, 1.82) is 0 Å². The van der Waals surface area contributed by atoms with Crippen molar-refractivity contribution in [3.05, 3.63) is 69.2 Å². The van der Waals surface area contributed by atoms with Gasteiger partial charge in [0, 0.05) is 17.7 Å². The van der Waals surface area contributed by atoms with Gasteiger partial charge >= 0.3 is 0 Å². The van der Waals surface area contributed by atoms with Crippen LogP contribution in [0.4, 0.5) is 4.39 Å². The van der Waals surface area contributed by atoms with Crippen LogP contribution in [0.3, 0.4) is 0 Å². The minimum absolute atomic E-state index is 0.0132. The molecule has 2 aromatic heterocycles. The Hall–Kier alpha value is -2.31. The molecule has 0 spiro atoms. The summed E-state index contributed by atoms with van der Waals surface area (Å²) in [5.41, 5.74) is 5.44. The molecule has 4 nitrogen and oxygen atoms in total. The van der Waals surface area contributed by atoms with Crippen LogP contribution in [-0.2, 0) is 11.2 Å². The topological polar surface area (TPSA) is 39.9 Å². The number of benzene rings is 1. The minimum Gasteiger partial charge on any atom is -0.371 e. The van der Waals surface area contributed by atoms with Gasteiger partial charge in [0.2, 0.25) is 0 Å². The first-order valence-electron chi connectivity index (χ1n) is 9.95. The molecule has 2 atom stereocenters. The predicted octanol–water partition coefficient (Wildman–Crippen LogP) is 5.91. The monoisotopic (exact) mass is 411 g/mol. The summed E-state index contributed by atoms with van der Waals surface area (Å²) >= 11 is 1.67. The van der Waals surface area contributed by atoms with Crippen LogP contribution in [0.2, 0.25) is 0 Å². The summed E-state index contributed by atoms with van der Waals surface area (Å²) < 4.78 is 21.3. The van der Waals surface area contributed by atoms with Gasteiger partial charge in [-0.25, -0.2) is 14.1 Å². The molecule has 0 bridgehead atoms. The Balaban J connectivity index is 1.63. The van der Waals surface area contributed by atoms with E-state index in [9.17, 15) is 4.39 Å². The molecule has 0 saturated carbocycles. The molecule has 0 N–H and O–H groups in total. The van der Waals surface area contributed by atoms with E-state index in [0.717, 1.165) is 34.9 Å². The molecule has 29 heavy (non-hydrogen) atoms. The molecule has 6 heteroatoms. The Morgan fingerprint density at radius 1 is 1.28 bits per heavy atom. The molecular weight excluding hydrogens is 385 g/mol. The van der Waals surface area contributed by atoms with Crippen LogP contribution in [0.15, 0.2) is 41.4 Å². The first-order valence-corrected chi connectivity index (χ1v) is 10.8. The van der Waals surface area contributed by atoms with Gasteiger partial charge in [0.15, 0.2) is 0 Å². The molecule has 0 amide bonds. The highest BCUT2D eigenvalue weighted by Crippen LogP contribution is 2.45. The van der Waals surface area contributed by atoms with E-state index in [1.807, 2.05) is 24.7 Å². The van der Waals surface area contributed by atoms with Gasteiger partial charge in [0.05, 0.1) is 17.6 Å².